The molecule has 1 amide bonds. The number of carbonyl (C=O) groups is 3. The highest BCUT2D eigenvalue weighted by atomic mass is 16.6. The van der Waals surface area contributed by atoms with Crippen LogP contribution in [0.4, 0.5) is 0 Å². The molecule has 0 aromatic heterocycles. The number of aldehydes is 1. The third-order valence-corrected chi connectivity index (χ3v) is 6.48. The van der Waals surface area contributed by atoms with Gasteiger partial charge in [-0.2, -0.15) is 0 Å². The molecule has 1 N–H and O–H groups in total. The van der Waals surface area contributed by atoms with E-state index in [-0.39, 0.29) is 24.7 Å². The Morgan fingerprint density at radius 1 is 1.07 bits per heavy atom. The van der Waals surface area contributed by atoms with Gasteiger partial charge in [0.2, 0.25) is 0 Å². The number of ether oxygens (including phenoxy) is 3. The monoisotopic (exact) mass is 401 g/mol. The van der Waals surface area contributed by atoms with Crippen LogP contribution >= 0.6 is 0 Å². The summed E-state index contributed by atoms with van der Waals surface area (Å²) in [5.74, 6) is 2.00. The largest absolute Gasteiger partial charge is 0.493 e. The highest BCUT2D eigenvalue weighted by Crippen LogP contribution is 2.55. The number of rotatable bonds is 8. The van der Waals surface area contributed by atoms with Gasteiger partial charge in [-0.25, -0.2) is 4.79 Å². The van der Waals surface area contributed by atoms with Crippen molar-refractivity contribution in [1.29, 1.82) is 0 Å². The van der Waals surface area contributed by atoms with Gasteiger partial charge in [0, 0.05) is 11.1 Å². The number of hydrogen-bond acceptors (Lipinski definition) is 6. The maximum absolute atomic E-state index is 12.4. The average molecular weight is 401 g/mol. The van der Waals surface area contributed by atoms with Crippen LogP contribution in [-0.2, 0) is 14.3 Å². The van der Waals surface area contributed by atoms with E-state index >= 15 is 0 Å². The second kappa shape index (κ2) is 8.05. The minimum atomic E-state index is -0.632. The SMILES string of the molecule is COc1cc(C=O)ccc1OCC(=O)OCC(=O)NC12CC3CC(CC(C3)C1)C2. The lowest BCUT2D eigenvalue weighted by Crippen LogP contribution is -2.60. The van der Waals surface area contributed by atoms with E-state index in [0.717, 1.165) is 37.0 Å². The number of amides is 1. The zero-order valence-corrected chi connectivity index (χ0v) is 16.6. The summed E-state index contributed by atoms with van der Waals surface area (Å²) in [5, 5.41) is 3.17. The second-order valence-corrected chi connectivity index (χ2v) is 8.72. The Morgan fingerprint density at radius 3 is 2.31 bits per heavy atom. The Hall–Kier alpha value is -2.57. The Morgan fingerprint density at radius 2 is 1.72 bits per heavy atom. The van der Waals surface area contributed by atoms with Crippen molar-refractivity contribution in [3.8, 4) is 11.5 Å². The lowest BCUT2D eigenvalue weighted by atomic mass is 9.53. The molecule has 7 heteroatoms. The molecule has 4 aliphatic rings. The summed E-state index contributed by atoms with van der Waals surface area (Å²) in [6.07, 6.45) is 7.77. The van der Waals surface area contributed by atoms with Crippen molar-refractivity contribution in [2.75, 3.05) is 20.3 Å². The zero-order chi connectivity index (χ0) is 20.4. The highest BCUT2D eigenvalue weighted by Gasteiger charge is 2.51. The molecule has 1 aromatic carbocycles. The number of benzene rings is 1. The summed E-state index contributed by atoms with van der Waals surface area (Å²) in [6.45, 7) is -0.646. The van der Waals surface area contributed by atoms with Gasteiger partial charge in [0.15, 0.2) is 24.7 Å². The molecule has 0 unspecified atom stereocenters. The van der Waals surface area contributed by atoms with Crippen LogP contribution in [0.25, 0.3) is 0 Å². The summed E-state index contributed by atoms with van der Waals surface area (Å²) in [6, 6.07) is 4.64. The van der Waals surface area contributed by atoms with E-state index in [0.29, 0.717) is 23.3 Å². The van der Waals surface area contributed by atoms with Gasteiger partial charge in [-0.15, -0.1) is 0 Å². The van der Waals surface area contributed by atoms with Crippen molar-refractivity contribution in [1.82, 2.24) is 5.32 Å². The fourth-order valence-electron chi connectivity index (χ4n) is 5.80. The molecule has 4 bridgehead atoms. The minimum absolute atomic E-state index is 0.0948. The first-order chi connectivity index (χ1) is 14.0. The van der Waals surface area contributed by atoms with Crippen molar-refractivity contribution in [3.63, 3.8) is 0 Å². The molecular weight excluding hydrogens is 374 g/mol. The lowest BCUT2D eigenvalue weighted by Gasteiger charge is -2.56. The number of carbonyl (C=O) groups excluding carboxylic acids is 3. The number of nitrogens with one attached hydrogen (secondary N) is 1. The number of esters is 1. The van der Waals surface area contributed by atoms with Crippen molar-refractivity contribution >= 4 is 18.2 Å². The first kappa shape index (κ1) is 19.7. The molecule has 1 aromatic rings. The third kappa shape index (κ3) is 4.38. The molecule has 7 nitrogen and oxygen atoms in total. The molecule has 4 fully saturated rings. The van der Waals surface area contributed by atoms with Crippen LogP contribution in [0.1, 0.15) is 48.9 Å². The minimum Gasteiger partial charge on any atom is -0.493 e. The van der Waals surface area contributed by atoms with E-state index in [9.17, 15) is 14.4 Å². The molecule has 0 atom stereocenters. The quantitative estimate of drug-likeness (QED) is 0.532. The first-order valence-corrected chi connectivity index (χ1v) is 10.2. The molecular formula is C22H27NO6. The molecule has 0 saturated heterocycles. The van der Waals surface area contributed by atoms with Gasteiger partial charge in [0.05, 0.1) is 7.11 Å². The third-order valence-electron chi connectivity index (χ3n) is 6.48. The molecule has 4 saturated carbocycles. The predicted molar refractivity (Wildman–Crippen MR) is 104 cm³/mol. The van der Waals surface area contributed by atoms with Crippen molar-refractivity contribution in [2.24, 2.45) is 17.8 Å². The molecule has 4 aliphatic carbocycles. The summed E-state index contributed by atoms with van der Waals surface area (Å²) >= 11 is 0. The summed E-state index contributed by atoms with van der Waals surface area (Å²) in [7, 11) is 1.45. The van der Waals surface area contributed by atoms with Crippen molar-refractivity contribution in [2.45, 2.75) is 44.1 Å². The molecule has 0 heterocycles. The maximum Gasteiger partial charge on any atom is 0.344 e. The fraction of sp³-hybridized carbons (Fsp3) is 0.591. The topological polar surface area (TPSA) is 90.9 Å². The second-order valence-electron chi connectivity index (χ2n) is 8.72. The van der Waals surface area contributed by atoms with Crippen LogP contribution < -0.4 is 14.8 Å². The van der Waals surface area contributed by atoms with Gasteiger partial charge in [-0.3, -0.25) is 9.59 Å². The van der Waals surface area contributed by atoms with Crippen LogP contribution in [0, 0.1) is 17.8 Å². The lowest BCUT2D eigenvalue weighted by molar-refractivity contribution is -0.151. The Kier molecular flexibility index (Phi) is 5.48. The molecule has 5 rings (SSSR count). The van der Waals surface area contributed by atoms with Gasteiger partial charge >= 0.3 is 5.97 Å². The van der Waals surface area contributed by atoms with E-state index in [1.54, 1.807) is 12.1 Å². The number of methoxy groups -OCH3 is 1. The molecule has 0 radical (unpaired) electrons. The highest BCUT2D eigenvalue weighted by molar-refractivity contribution is 5.81. The average Bonchev–Trinajstić information content (AvgIpc) is 2.69. The smallest absolute Gasteiger partial charge is 0.344 e. The Labute approximate surface area is 170 Å². The van der Waals surface area contributed by atoms with Crippen LogP contribution in [0.15, 0.2) is 18.2 Å². The summed E-state index contributed by atoms with van der Waals surface area (Å²) < 4.78 is 15.6. The zero-order valence-electron chi connectivity index (χ0n) is 16.6. The van der Waals surface area contributed by atoms with E-state index in [4.69, 9.17) is 14.2 Å². The van der Waals surface area contributed by atoms with E-state index in [2.05, 4.69) is 5.32 Å². The molecule has 156 valence electrons. The predicted octanol–water partition coefficient (Wildman–Crippen LogP) is 2.51. The fourth-order valence-corrected chi connectivity index (χ4v) is 5.80. The molecule has 29 heavy (non-hydrogen) atoms. The van der Waals surface area contributed by atoms with Gasteiger partial charge in [0.1, 0.15) is 6.29 Å². The molecule has 0 aliphatic heterocycles. The first-order valence-electron chi connectivity index (χ1n) is 10.2. The van der Waals surface area contributed by atoms with Crippen LogP contribution in [0.3, 0.4) is 0 Å². The van der Waals surface area contributed by atoms with Gasteiger partial charge in [-0.05, 0) is 74.5 Å². The van der Waals surface area contributed by atoms with E-state index < -0.39 is 5.97 Å². The molecule has 0 spiro atoms. The summed E-state index contributed by atoms with van der Waals surface area (Å²) in [5.41, 5.74) is 0.348. The Bertz CT molecular complexity index is 769. The Balaban J connectivity index is 1.24. The summed E-state index contributed by atoms with van der Waals surface area (Å²) in [4.78, 5) is 35.2. The normalized spacial score (nSPS) is 29.2. The van der Waals surface area contributed by atoms with Crippen LogP contribution in [0.2, 0.25) is 0 Å². The number of hydrogen-bond donors (Lipinski definition) is 1. The van der Waals surface area contributed by atoms with Crippen LogP contribution in [-0.4, -0.2) is 44.0 Å². The van der Waals surface area contributed by atoms with Crippen LogP contribution in [0.5, 0.6) is 11.5 Å². The van der Waals surface area contributed by atoms with Gasteiger partial charge < -0.3 is 19.5 Å². The van der Waals surface area contributed by atoms with Crippen molar-refractivity contribution in [3.05, 3.63) is 23.8 Å². The van der Waals surface area contributed by atoms with E-state index in [1.807, 2.05) is 0 Å². The maximum atomic E-state index is 12.4. The van der Waals surface area contributed by atoms with Gasteiger partial charge in [0.25, 0.3) is 5.91 Å². The standard InChI is InChI=1S/C22H27NO6/c1-27-19-7-14(11-24)2-3-18(19)28-13-21(26)29-12-20(25)23-22-8-15-4-16(9-22)6-17(5-15)10-22/h2-3,7,11,15-17H,4-6,8-10,12-13H2,1H3,(H,23,25). The van der Waals surface area contributed by atoms with Crippen molar-refractivity contribution < 1.29 is 28.6 Å². The van der Waals surface area contributed by atoms with Gasteiger partial charge in [-0.1, -0.05) is 0 Å². The van der Waals surface area contributed by atoms with E-state index in [1.165, 1.54) is 32.4 Å².